The summed E-state index contributed by atoms with van der Waals surface area (Å²) in [5, 5.41) is 2.78. The average molecular weight is 259 g/mol. The van der Waals surface area contributed by atoms with Crippen molar-refractivity contribution in [2.45, 2.75) is 25.8 Å². The van der Waals surface area contributed by atoms with Crippen molar-refractivity contribution >= 4 is 11.6 Å². The highest BCUT2D eigenvalue weighted by atomic mass is 16.3. The first-order chi connectivity index (χ1) is 9.20. The molecule has 19 heavy (non-hydrogen) atoms. The van der Waals surface area contributed by atoms with Gasteiger partial charge in [0.15, 0.2) is 0 Å². The number of hydrogen-bond acceptors (Lipinski definition) is 4. The van der Waals surface area contributed by atoms with Gasteiger partial charge in [-0.1, -0.05) is 13.3 Å². The van der Waals surface area contributed by atoms with Gasteiger partial charge in [0.05, 0.1) is 12.2 Å². The Hall–Kier alpha value is -2.14. The zero-order valence-electron chi connectivity index (χ0n) is 10.8. The summed E-state index contributed by atoms with van der Waals surface area (Å²) < 4.78 is 5.19. The molecular formula is C14H17N3O2. The van der Waals surface area contributed by atoms with Crippen LogP contribution in [0.2, 0.25) is 0 Å². The smallest absolute Gasteiger partial charge is 0.241 e. The summed E-state index contributed by atoms with van der Waals surface area (Å²) in [6, 6.07) is 6.82. The maximum Gasteiger partial charge on any atom is 0.241 e. The van der Waals surface area contributed by atoms with E-state index in [0.717, 1.165) is 12.0 Å². The lowest BCUT2D eigenvalue weighted by Crippen LogP contribution is -2.35. The van der Waals surface area contributed by atoms with Crippen LogP contribution in [-0.4, -0.2) is 16.9 Å². The van der Waals surface area contributed by atoms with Crippen LogP contribution in [0.15, 0.2) is 41.1 Å². The molecule has 100 valence electrons. The third-order valence-electron chi connectivity index (χ3n) is 2.77. The number of rotatable bonds is 5. The quantitative estimate of drug-likeness (QED) is 0.864. The number of oxazole rings is 1. The average Bonchev–Trinajstić information content (AvgIpc) is 2.94. The number of amides is 1. The summed E-state index contributed by atoms with van der Waals surface area (Å²) in [5.41, 5.74) is 7.32. The van der Waals surface area contributed by atoms with Crippen molar-refractivity contribution in [1.29, 1.82) is 0 Å². The maximum absolute atomic E-state index is 11.7. The first-order valence-electron chi connectivity index (χ1n) is 6.27. The van der Waals surface area contributed by atoms with Crippen molar-refractivity contribution in [3.05, 3.63) is 36.7 Å². The summed E-state index contributed by atoms with van der Waals surface area (Å²) in [7, 11) is 0. The minimum absolute atomic E-state index is 0.161. The van der Waals surface area contributed by atoms with Crippen LogP contribution in [0, 0.1) is 0 Å². The molecule has 5 heteroatoms. The van der Waals surface area contributed by atoms with Gasteiger partial charge in [-0.25, -0.2) is 4.98 Å². The third-order valence-corrected chi connectivity index (χ3v) is 2.77. The van der Waals surface area contributed by atoms with Gasteiger partial charge in [-0.15, -0.1) is 0 Å². The number of anilines is 1. The zero-order valence-corrected chi connectivity index (χ0v) is 10.8. The van der Waals surface area contributed by atoms with Gasteiger partial charge in [0.25, 0.3) is 0 Å². The van der Waals surface area contributed by atoms with E-state index in [-0.39, 0.29) is 5.91 Å². The van der Waals surface area contributed by atoms with E-state index in [1.807, 2.05) is 19.1 Å². The molecule has 0 spiro atoms. The van der Waals surface area contributed by atoms with Crippen molar-refractivity contribution in [2.75, 3.05) is 5.32 Å². The Morgan fingerprint density at radius 3 is 2.74 bits per heavy atom. The summed E-state index contributed by atoms with van der Waals surface area (Å²) in [6.45, 7) is 2.00. The van der Waals surface area contributed by atoms with E-state index in [1.54, 1.807) is 18.3 Å². The van der Waals surface area contributed by atoms with Gasteiger partial charge in [-0.05, 0) is 30.7 Å². The molecule has 1 heterocycles. The van der Waals surface area contributed by atoms with Crippen molar-refractivity contribution in [2.24, 2.45) is 5.73 Å². The molecule has 5 nitrogen and oxygen atoms in total. The Morgan fingerprint density at radius 1 is 1.42 bits per heavy atom. The van der Waals surface area contributed by atoms with Crippen molar-refractivity contribution in [3.8, 4) is 11.5 Å². The van der Waals surface area contributed by atoms with Crippen LogP contribution in [-0.2, 0) is 4.79 Å². The summed E-state index contributed by atoms with van der Waals surface area (Å²) >= 11 is 0. The second-order valence-electron chi connectivity index (χ2n) is 4.30. The van der Waals surface area contributed by atoms with Crippen molar-refractivity contribution < 1.29 is 9.21 Å². The molecule has 1 unspecified atom stereocenters. The molecule has 0 saturated carbocycles. The fourth-order valence-electron chi connectivity index (χ4n) is 1.74. The van der Waals surface area contributed by atoms with Crippen molar-refractivity contribution in [3.63, 3.8) is 0 Å². The lowest BCUT2D eigenvalue weighted by Gasteiger charge is -2.11. The monoisotopic (exact) mass is 259 g/mol. The number of nitrogens with one attached hydrogen (secondary N) is 1. The molecule has 1 atom stereocenters. The summed E-state index contributed by atoms with van der Waals surface area (Å²) in [6.07, 6.45) is 4.68. The second kappa shape index (κ2) is 6.15. The van der Waals surface area contributed by atoms with E-state index < -0.39 is 6.04 Å². The molecule has 2 rings (SSSR count). The molecule has 1 amide bonds. The Bertz CT molecular complexity index is 520. The van der Waals surface area contributed by atoms with Gasteiger partial charge in [0.1, 0.15) is 6.26 Å². The number of hydrogen-bond donors (Lipinski definition) is 2. The Morgan fingerprint density at radius 2 is 2.16 bits per heavy atom. The number of nitrogens with two attached hydrogens (primary N) is 1. The topological polar surface area (TPSA) is 81.2 Å². The Kier molecular flexibility index (Phi) is 4.30. The molecule has 2 aromatic rings. The highest BCUT2D eigenvalue weighted by molar-refractivity contribution is 5.94. The predicted molar refractivity (Wildman–Crippen MR) is 73.5 cm³/mol. The molecule has 0 aliphatic heterocycles. The van der Waals surface area contributed by atoms with E-state index >= 15 is 0 Å². The largest absolute Gasteiger partial charge is 0.445 e. The Labute approximate surface area is 111 Å². The van der Waals surface area contributed by atoms with Crippen LogP contribution >= 0.6 is 0 Å². The second-order valence-corrected chi connectivity index (χ2v) is 4.30. The molecular weight excluding hydrogens is 242 g/mol. The van der Waals surface area contributed by atoms with Gasteiger partial charge < -0.3 is 15.5 Å². The molecule has 0 fully saturated rings. The Balaban J connectivity index is 2.01. The SMILES string of the molecule is CCCC(N)C(=O)Nc1ccc(-c2ncco2)cc1. The van der Waals surface area contributed by atoms with Gasteiger partial charge in [0.2, 0.25) is 11.8 Å². The highest BCUT2D eigenvalue weighted by Crippen LogP contribution is 2.19. The number of carbonyl (C=O) groups excluding carboxylic acids is 1. The number of nitrogens with zero attached hydrogens (tertiary/aromatic N) is 1. The molecule has 0 saturated heterocycles. The first kappa shape index (κ1) is 13.3. The van der Waals surface area contributed by atoms with Gasteiger partial charge in [0, 0.05) is 11.3 Å². The molecule has 1 aromatic carbocycles. The van der Waals surface area contributed by atoms with Crippen LogP contribution in [0.25, 0.3) is 11.5 Å². The van der Waals surface area contributed by atoms with Gasteiger partial charge in [-0.2, -0.15) is 0 Å². The fraction of sp³-hybridized carbons (Fsp3) is 0.286. The van der Waals surface area contributed by atoms with Gasteiger partial charge >= 0.3 is 0 Å². The van der Waals surface area contributed by atoms with E-state index in [1.165, 1.54) is 6.26 Å². The number of benzene rings is 1. The lowest BCUT2D eigenvalue weighted by molar-refractivity contribution is -0.117. The summed E-state index contributed by atoms with van der Waals surface area (Å²) in [5.74, 6) is 0.395. The number of aromatic nitrogens is 1. The third kappa shape index (κ3) is 3.42. The van der Waals surface area contributed by atoms with Crippen molar-refractivity contribution in [1.82, 2.24) is 4.98 Å². The normalized spacial score (nSPS) is 12.1. The van der Waals surface area contributed by atoms with E-state index in [2.05, 4.69) is 10.3 Å². The van der Waals surface area contributed by atoms with E-state index in [0.29, 0.717) is 18.0 Å². The lowest BCUT2D eigenvalue weighted by atomic mass is 10.1. The molecule has 1 aromatic heterocycles. The van der Waals surface area contributed by atoms with Crippen LogP contribution in [0.3, 0.4) is 0 Å². The zero-order chi connectivity index (χ0) is 13.7. The molecule has 0 aliphatic carbocycles. The van der Waals surface area contributed by atoms with Crippen LogP contribution in [0.1, 0.15) is 19.8 Å². The summed E-state index contributed by atoms with van der Waals surface area (Å²) in [4.78, 5) is 15.8. The van der Waals surface area contributed by atoms with Crippen LogP contribution in [0.4, 0.5) is 5.69 Å². The van der Waals surface area contributed by atoms with Crippen LogP contribution in [0.5, 0.6) is 0 Å². The van der Waals surface area contributed by atoms with Crippen LogP contribution < -0.4 is 11.1 Å². The van der Waals surface area contributed by atoms with Gasteiger partial charge in [-0.3, -0.25) is 4.79 Å². The number of carbonyl (C=O) groups is 1. The minimum Gasteiger partial charge on any atom is -0.445 e. The predicted octanol–water partition coefficient (Wildman–Crippen LogP) is 2.41. The van der Waals surface area contributed by atoms with E-state index in [9.17, 15) is 4.79 Å². The fourth-order valence-corrected chi connectivity index (χ4v) is 1.74. The standard InChI is InChI=1S/C14H17N3O2/c1-2-3-12(15)13(18)17-11-6-4-10(5-7-11)14-16-8-9-19-14/h4-9,12H,2-3,15H2,1H3,(H,17,18). The highest BCUT2D eigenvalue weighted by Gasteiger charge is 2.12. The van der Waals surface area contributed by atoms with E-state index in [4.69, 9.17) is 10.2 Å². The molecule has 0 radical (unpaired) electrons. The maximum atomic E-state index is 11.7. The minimum atomic E-state index is -0.462. The first-order valence-corrected chi connectivity index (χ1v) is 6.27. The molecule has 3 N–H and O–H groups in total. The molecule has 0 aliphatic rings. The molecule has 0 bridgehead atoms.